The van der Waals surface area contributed by atoms with Crippen LogP contribution >= 0.6 is 0 Å². The SMILES string of the molecule is O=c1c2nc(-c3cccc(C(F)(F)F)c3)ccc2ncn1C[C@@H](O)C[C@H]1NCCC[C@@H]1O. The van der Waals surface area contributed by atoms with Crippen LogP contribution in [0.3, 0.4) is 0 Å². The molecule has 0 amide bonds. The number of pyridine rings is 1. The Morgan fingerprint density at radius 2 is 2.06 bits per heavy atom. The topological polar surface area (TPSA) is 100 Å². The summed E-state index contributed by atoms with van der Waals surface area (Å²) >= 11 is 0. The van der Waals surface area contributed by atoms with Crippen LogP contribution in [0.2, 0.25) is 0 Å². The number of nitrogens with one attached hydrogen (secondary N) is 1. The minimum atomic E-state index is -4.49. The smallest absolute Gasteiger partial charge is 0.392 e. The summed E-state index contributed by atoms with van der Waals surface area (Å²) in [7, 11) is 0. The van der Waals surface area contributed by atoms with E-state index in [2.05, 4.69) is 15.3 Å². The minimum Gasteiger partial charge on any atom is -0.392 e. The lowest BCUT2D eigenvalue weighted by atomic mass is 9.96. The molecule has 1 aromatic carbocycles. The predicted octanol–water partition coefficient (Wildman–Crippen LogP) is 2.34. The summed E-state index contributed by atoms with van der Waals surface area (Å²) in [4.78, 5) is 21.4. The van der Waals surface area contributed by atoms with E-state index in [-0.39, 0.29) is 35.8 Å². The molecule has 4 rings (SSSR count). The maximum atomic E-state index is 13.0. The zero-order valence-electron chi connectivity index (χ0n) is 17.1. The number of piperidine rings is 1. The first-order valence-electron chi connectivity index (χ1n) is 10.4. The zero-order valence-corrected chi connectivity index (χ0v) is 17.1. The second-order valence-corrected chi connectivity index (χ2v) is 8.00. The van der Waals surface area contributed by atoms with Crippen molar-refractivity contribution in [1.82, 2.24) is 19.9 Å². The van der Waals surface area contributed by atoms with Gasteiger partial charge >= 0.3 is 6.18 Å². The Morgan fingerprint density at radius 3 is 2.81 bits per heavy atom. The second-order valence-electron chi connectivity index (χ2n) is 8.00. The normalized spacial score (nSPS) is 20.4. The van der Waals surface area contributed by atoms with Crippen LogP contribution in [-0.4, -0.2) is 49.5 Å². The van der Waals surface area contributed by atoms with E-state index in [0.717, 1.165) is 25.1 Å². The van der Waals surface area contributed by atoms with Crippen molar-refractivity contribution in [3.8, 4) is 11.3 Å². The van der Waals surface area contributed by atoms with Crippen molar-refractivity contribution in [1.29, 1.82) is 0 Å². The van der Waals surface area contributed by atoms with Gasteiger partial charge in [0.05, 0.1) is 41.9 Å². The lowest BCUT2D eigenvalue weighted by Gasteiger charge is -2.30. The lowest BCUT2D eigenvalue weighted by molar-refractivity contribution is -0.137. The van der Waals surface area contributed by atoms with Gasteiger partial charge in [-0.1, -0.05) is 12.1 Å². The fourth-order valence-corrected chi connectivity index (χ4v) is 3.95. The van der Waals surface area contributed by atoms with Gasteiger partial charge in [-0.15, -0.1) is 0 Å². The minimum absolute atomic E-state index is 0.00504. The molecule has 0 aliphatic carbocycles. The zero-order chi connectivity index (χ0) is 22.9. The lowest BCUT2D eigenvalue weighted by Crippen LogP contribution is -2.47. The number of rotatable bonds is 5. The standard InChI is InChI=1S/C22H23F3N4O3/c23-22(24,25)14-4-1-3-13(9-14)16-6-7-17-20(28-16)21(32)29(12-27-17)11-15(30)10-18-19(31)5-2-8-26-18/h1,3-4,6-7,9,12,15,18-19,26,30-31H,2,5,8,10-11H2/t15-,18+,19-/m0/s1. The molecule has 3 atom stereocenters. The third kappa shape index (κ3) is 4.82. The first kappa shape index (κ1) is 22.4. The molecule has 3 aromatic rings. The van der Waals surface area contributed by atoms with E-state index in [4.69, 9.17) is 0 Å². The van der Waals surface area contributed by atoms with Crippen LogP contribution in [0.15, 0.2) is 47.5 Å². The third-order valence-electron chi connectivity index (χ3n) is 5.64. The molecule has 0 bridgehead atoms. The number of halogens is 3. The average Bonchev–Trinajstić information content (AvgIpc) is 2.77. The van der Waals surface area contributed by atoms with E-state index in [9.17, 15) is 28.2 Å². The highest BCUT2D eigenvalue weighted by Gasteiger charge is 2.30. The monoisotopic (exact) mass is 448 g/mol. The molecule has 1 aliphatic rings. The Kier molecular flexibility index (Phi) is 6.27. The molecule has 3 N–H and O–H groups in total. The molecule has 0 radical (unpaired) electrons. The van der Waals surface area contributed by atoms with Crippen molar-refractivity contribution in [2.45, 2.75) is 50.2 Å². The van der Waals surface area contributed by atoms with E-state index in [1.165, 1.54) is 35.2 Å². The summed E-state index contributed by atoms with van der Waals surface area (Å²) in [5.74, 6) is 0. The number of fused-ring (bicyclic) bond motifs is 1. The van der Waals surface area contributed by atoms with Gasteiger partial charge < -0.3 is 15.5 Å². The fraction of sp³-hybridized carbons (Fsp3) is 0.409. The Bertz CT molecular complexity index is 1170. The van der Waals surface area contributed by atoms with Gasteiger partial charge in [-0.05, 0) is 50.1 Å². The number of aliphatic hydroxyl groups is 2. The van der Waals surface area contributed by atoms with Crippen LogP contribution in [0.5, 0.6) is 0 Å². The number of aromatic nitrogens is 3. The first-order chi connectivity index (χ1) is 15.2. The van der Waals surface area contributed by atoms with Gasteiger partial charge in [-0.3, -0.25) is 9.36 Å². The number of benzene rings is 1. The second kappa shape index (κ2) is 8.97. The molecule has 1 saturated heterocycles. The van der Waals surface area contributed by atoms with E-state index in [1.807, 2.05) is 0 Å². The van der Waals surface area contributed by atoms with Crippen molar-refractivity contribution >= 4 is 11.0 Å². The van der Waals surface area contributed by atoms with Gasteiger partial charge in [-0.2, -0.15) is 13.2 Å². The number of hydrogen-bond donors (Lipinski definition) is 3. The summed E-state index contributed by atoms with van der Waals surface area (Å²) in [5.41, 5.74) is -0.544. The fourth-order valence-electron chi connectivity index (χ4n) is 3.95. The quantitative estimate of drug-likeness (QED) is 0.554. The summed E-state index contributed by atoms with van der Waals surface area (Å²) in [6, 6.07) is 7.52. The Labute approximate surface area is 181 Å². The summed E-state index contributed by atoms with van der Waals surface area (Å²) in [6.45, 7) is 0.719. The van der Waals surface area contributed by atoms with E-state index in [0.29, 0.717) is 11.9 Å². The predicted molar refractivity (Wildman–Crippen MR) is 112 cm³/mol. The van der Waals surface area contributed by atoms with E-state index >= 15 is 0 Å². The van der Waals surface area contributed by atoms with Gasteiger partial charge in [0.1, 0.15) is 0 Å². The van der Waals surface area contributed by atoms with E-state index < -0.39 is 29.5 Å². The molecule has 3 heterocycles. The molecule has 0 unspecified atom stereocenters. The van der Waals surface area contributed by atoms with E-state index in [1.54, 1.807) is 0 Å². The van der Waals surface area contributed by atoms with Gasteiger partial charge in [-0.25, -0.2) is 9.97 Å². The highest BCUT2D eigenvalue weighted by molar-refractivity contribution is 5.77. The Morgan fingerprint density at radius 1 is 1.25 bits per heavy atom. The first-order valence-corrected chi connectivity index (χ1v) is 10.4. The van der Waals surface area contributed by atoms with Crippen molar-refractivity contribution in [3.05, 3.63) is 58.6 Å². The summed E-state index contributed by atoms with van der Waals surface area (Å²) in [6.07, 6.45) is -2.84. The molecule has 170 valence electrons. The van der Waals surface area contributed by atoms with Crippen molar-refractivity contribution in [2.24, 2.45) is 0 Å². The molecule has 1 fully saturated rings. The van der Waals surface area contributed by atoms with Gasteiger partial charge in [0.15, 0.2) is 5.52 Å². The largest absolute Gasteiger partial charge is 0.416 e. The van der Waals surface area contributed by atoms with Crippen LogP contribution in [0, 0.1) is 0 Å². The molecule has 2 aromatic heterocycles. The molecule has 0 spiro atoms. The molecule has 10 heteroatoms. The molecule has 1 aliphatic heterocycles. The average molecular weight is 448 g/mol. The van der Waals surface area contributed by atoms with Crippen LogP contribution in [0.1, 0.15) is 24.8 Å². The highest BCUT2D eigenvalue weighted by Crippen LogP contribution is 2.31. The van der Waals surface area contributed by atoms with Crippen LogP contribution < -0.4 is 10.9 Å². The Hall–Kier alpha value is -2.82. The van der Waals surface area contributed by atoms with Crippen molar-refractivity contribution < 1.29 is 23.4 Å². The van der Waals surface area contributed by atoms with Crippen molar-refractivity contribution in [2.75, 3.05) is 6.54 Å². The molecule has 7 nitrogen and oxygen atoms in total. The molecular weight excluding hydrogens is 425 g/mol. The summed E-state index contributed by atoms with van der Waals surface area (Å²) in [5, 5.41) is 23.7. The third-order valence-corrected chi connectivity index (χ3v) is 5.64. The number of aliphatic hydroxyl groups excluding tert-OH is 2. The number of alkyl halides is 3. The van der Waals surface area contributed by atoms with Gasteiger partial charge in [0, 0.05) is 11.6 Å². The number of nitrogens with zero attached hydrogens (tertiary/aromatic N) is 3. The summed E-state index contributed by atoms with van der Waals surface area (Å²) < 4.78 is 40.3. The van der Waals surface area contributed by atoms with Crippen LogP contribution in [0.25, 0.3) is 22.3 Å². The van der Waals surface area contributed by atoms with Gasteiger partial charge in [0.25, 0.3) is 5.56 Å². The number of hydrogen-bond acceptors (Lipinski definition) is 6. The van der Waals surface area contributed by atoms with Crippen LogP contribution in [0.4, 0.5) is 13.2 Å². The molecule has 0 saturated carbocycles. The van der Waals surface area contributed by atoms with Gasteiger partial charge in [0.2, 0.25) is 0 Å². The molecular formula is C22H23F3N4O3. The van der Waals surface area contributed by atoms with Crippen molar-refractivity contribution in [3.63, 3.8) is 0 Å². The Balaban J connectivity index is 1.60. The maximum absolute atomic E-state index is 13.0. The highest BCUT2D eigenvalue weighted by atomic mass is 19.4. The molecule has 32 heavy (non-hydrogen) atoms. The van der Waals surface area contributed by atoms with Crippen LogP contribution in [-0.2, 0) is 12.7 Å². The maximum Gasteiger partial charge on any atom is 0.416 e.